The van der Waals surface area contributed by atoms with Crippen LogP contribution in [0.15, 0.2) is 97.5 Å². The van der Waals surface area contributed by atoms with Crippen molar-refractivity contribution in [2.75, 3.05) is 36.5 Å². The van der Waals surface area contributed by atoms with Crippen molar-refractivity contribution in [2.45, 2.75) is 6.54 Å². The molecule has 8 nitrogen and oxygen atoms in total. The molecule has 0 saturated carbocycles. The number of phenolic OH excluding ortho intramolecular Hbond substituents is 1. The van der Waals surface area contributed by atoms with Crippen LogP contribution in [-0.2, 0) is 11.3 Å². The lowest BCUT2D eigenvalue weighted by atomic mass is 10.0. The van der Waals surface area contributed by atoms with Gasteiger partial charge in [-0.05, 0) is 53.6 Å². The van der Waals surface area contributed by atoms with E-state index in [0.717, 1.165) is 54.3 Å². The van der Waals surface area contributed by atoms with Gasteiger partial charge in [0, 0.05) is 61.1 Å². The van der Waals surface area contributed by atoms with Crippen molar-refractivity contribution in [3.05, 3.63) is 103 Å². The first-order valence-corrected chi connectivity index (χ1v) is 12.9. The molecule has 0 radical (unpaired) electrons. The van der Waals surface area contributed by atoms with Gasteiger partial charge in [-0.3, -0.25) is 9.97 Å². The maximum atomic E-state index is 9.83. The van der Waals surface area contributed by atoms with Gasteiger partial charge in [-0.1, -0.05) is 30.3 Å². The zero-order valence-electron chi connectivity index (χ0n) is 21.4. The number of rotatable bonds is 7. The normalized spacial score (nSPS) is 13.3. The molecule has 1 aliphatic heterocycles. The molecule has 0 atom stereocenters. The van der Waals surface area contributed by atoms with Gasteiger partial charge in [0.2, 0.25) is 0 Å². The first-order valence-electron chi connectivity index (χ1n) is 12.9. The molecule has 0 unspecified atom stereocenters. The first-order chi connectivity index (χ1) is 19.2. The van der Waals surface area contributed by atoms with Gasteiger partial charge in [-0.25, -0.2) is 9.97 Å². The molecule has 194 valence electrons. The Labute approximate surface area is 227 Å². The van der Waals surface area contributed by atoms with Crippen molar-refractivity contribution >= 4 is 11.5 Å². The second kappa shape index (κ2) is 11.3. The lowest BCUT2D eigenvalue weighted by Gasteiger charge is -2.29. The van der Waals surface area contributed by atoms with Crippen LogP contribution in [0, 0.1) is 0 Å². The number of anilines is 2. The summed E-state index contributed by atoms with van der Waals surface area (Å²) >= 11 is 0. The summed E-state index contributed by atoms with van der Waals surface area (Å²) in [5.74, 6) is 1.40. The molecule has 8 heteroatoms. The van der Waals surface area contributed by atoms with Gasteiger partial charge in [0.1, 0.15) is 17.3 Å². The fourth-order valence-electron chi connectivity index (χ4n) is 4.60. The Balaban J connectivity index is 1.34. The largest absolute Gasteiger partial charge is 0.508 e. The minimum absolute atomic E-state index is 0.229. The Morgan fingerprint density at radius 2 is 1.67 bits per heavy atom. The van der Waals surface area contributed by atoms with Gasteiger partial charge in [0.15, 0.2) is 5.82 Å². The van der Waals surface area contributed by atoms with Crippen molar-refractivity contribution in [2.24, 2.45) is 0 Å². The van der Waals surface area contributed by atoms with Gasteiger partial charge < -0.3 is 20.1 Å². The SMILES string of the molecule is Oc1cccc(CNc2cc(-c3cncc(-c4cccc(N5CCOCC5)c4)c3)nc(-c3ccccn3)n2)c1. The summed E-state index contributed by atoms with van der Waals surface area (Å²) in [7, 11) is 0. The number of aromatic nitrogens is 4. The summed E-state index contributed by atoms with van der Waals surface area (Å²) in [6.45, 7) is 3.76. The Kier molecular flexibility index (Phi) is 7.09. The number of pyridine rings is 2. The van der Waals surface area contributed by atoms with E-state index in [9.17, 15) is 5.11 Å². The van der Waals surface area contributed by atoms with Gasteiger partial charge >= 0.3 is 0 Å². The summed E-state index contributed by atoms with van der Waals surface area (Å²) in [6.07, 6.45) is 5.43. The zero-order chi connectivity index (χ0) is 26.4. The Bertz CT molecular complexity index is 1570. The van der Waals surface area contributed by atoms with E-state index in [2.05, 4.69) is 50.5 Å². The van der Waals surface area contributed by atoms with Gasteiger partial charge in [0.05, 0.1) is 18.9 Å². The topological polar surface area (TPSA) is 96.3 Å². The minimum atomic E-state index is 0.229. The maximum absolute atomic E-state index is 9.83. The van der Waals surface area contributed by atoms with Gasteiger partial charge in [0.25, 0.3) is 0 Å². The number of ether oxygens (including phenoxy) is 1. The third kappa shape index (κ3) is 5.86. The van der Waals surface area contributed by atoms with E-state index in [0.29, 0.717) is 23.9 Å². The van der Waals surface area contributed by atoms with E-state index >= 15 is 0 Å². The molecule has 1 saturated heterocycles. The predicted octanol–water partition coefficient (Wildman–Crippen LogP) is 5.42. The highest BCUT2D eigenvalue weighted by atomic mass is 16.5. The monoisotopic (exact) mass is 516 g/mol. The van der Waals surface area contributed by atoms with Crippen molar-refractivity contribution in [1.29, 1.82) is 0 Å². The number of benzene rings is 2. The van der Waals surface area contributed by atoms with Crippen molar-refractivity contribution < 1.29 is 9.84 Å². The number of nitrogens with zero attached hydrogens (tertiary/aromatic N) is 5. The van der Waals surface area contributed by atoms with Crippen molar-refractivity contribution in [3.8, 4) is 39.7 Å². The standard InChI is InChI=1S/C31H28N6O2/c38-27-8-3-5-22(15-27)19-34-30-18-29(35-31(36-30)28-9-1-2-10-33-28)25-16-24(20-32-21-25)23-6-4-7-26(17-23)37-11-13-39-14-12-37/h1-10,15-18,20-21,38H,11-14,19H2,(H,34,35,36). The molecule has 4 heterocycles. The molecule has 6 rings (SSSR count). The molecule has 5 aromatic rings. The smallest absolute Gasteiger partial charge is 0.180 e. The molecule has 0 bridgehead atoms. The van der Waals surface area contributed by atoms with Crippen LogP contribution in [0.5, 0.6) is 5.75 Å². The second-order valence-electron chi connectivity index (χ2n) is 9.31. The highest BCUT2D eigenvalue weighted by Crippen LogP contribution is 2.29. The van der Waals surface area contributed by atoms with Crippen LogP contribution in [-0.4, -0.2) is 51.3 Å². The van der Waals surface area contributed by atoms with Crippen molar-refractivity contribution in [1.82, 2.24) is 19.9 Å². The number of hydrogen-bond donors (Lipinski definition) is 2. The molecule has 0 spiro atoms. The highest BCUT2D eigenvalue weighted by Gasteiger charge is 2.14. The molecule has 39 heavy (non-hydrogen) atoms. The number of phenols is 1. The molecule has 0 amide bonds. The lowest BCUT2D eigenvalue weighted by Crippen LogP contribution is -2.36. The molecular weight excluding hydrogens is 488 g/mol. The van der Waals surface area contributed by atoms with Crippen LogP contribution in [0.3, 0.4) is 0 Å². The van der Waals surface area contributed by atoms with E-state index in [1.807, 2.05) is 48.8 Å². The number of morpholine rings is 1. The Morgan fingerprint density at radius 3 is 2.51 bits per heavy atom. The summed E-state index contributed by atoms with van der Waals surface area (Å²) in [5, 5.41) is 13.2. The summed E-state index contributed by atoms with van der Waals surface area (Å²) in [5.41, 5.74) is 6.52. The van der Waals surface area contributed by atoms with Gasteiger partial charge in [-0.2, -0.15) is 0 Å². The van der Waals surface area contributed by atoms with Crippen LogP contribution < -0.4 is 10.2 Å². The third-order valence-corrected chi connectivity index (χ3v) is 6.59. The minimum Gasteiger partial charge on any atom is -0.508 e. The number of aromatic hydroxyl groups is 1. The van der Waals surface area contributed by atoms with Crippen molar-refractivity contribution in [3.63, 3.8) is 0 Å². The first kappa shape index (κ1) is 24.5. The number of nitrogens with one attached hydrogen (secondary N) is 1. The fourth-order valence-corrected chi connectivity index (χ4v) is 4.60. The third-order valence-electron chi connectivity index (χ3n) is 6.59. The second-order valence-corrected chi connectivity index (χ2v) is 9.31. The molecule has 3 aromatic heterocycles. The lowest BCUT2D eigenvalue weighted by molar-refractivity contribution is 0.122. The predicted molar refractivity (Wildman–Crippen MR) is 152 cm³/mol. The molecule has 2 N–H and O–H groups in total. The van der Waals surface area contributed by atoms with Crippen LogP contribution in [0.4, 0.5) is 11.5 Å². The van der Waals surface area contributed by atoms with E-state index < -0.39 is 0 Å². The summed E-state index contributed by atoms with van der Waals surface area (Å²) in [6, 6.07) is 25.4. The maximum Gasteiger partial charge on any atom is 0.180 e. The van der Waals surface area contributed by atoms with Crippen LogP contribution in [0.2, 0.25) is 0 Å². The van der Waals surface area contributed by atoms with E-state index in [4.69, 9.17) is 14.7 Å². The van der Waals surface area contributed by atoms with Crippen LogP contribution >= 0.6 is 0 Å². The molecule has 0 aliphatic carbocycles. The summed E-state index contributed by atoms with van der Waals surface area (Å²) < 4.78 is 5.52. The molecule has 2 aromatic carbocycles. The average Bonchev–Trinajstić information content (AvgIpc) is 3.01. The molecule has 1 fully saturated rings. The summed E-state index contributed by atoms with van der Waals surface area (Å²) in [4.78, 5) is 20.9. The fraction of sp³-hybridized carbons (Fsp3) is 0.161. The van der Waals surface area contributed by atoms with E-state index in [1.54, 1.807) is 18.3 Å². The number of hydrogen-bond acceptors (Lipinski definition) is 8. The highest BCUT2D eigenvalue weighted by molar-refractivity contribution is 5.74. The Morgan fingerprint density at radius 1 is 0.795 bits per heavy atom. The average molecular weight is 517 g/mol. The Hall–Kier alpha value is -4.82. The van der Waals surface area contributed by atoms with Gasteiger partial charge in [-0.15, -0.1) is 0 Å². The quantitative estimate of drug-likeness (QED) is 0.296. The molecular formula is C31H28N6O2. The van der Waals surface area contributed by atoms with E-state index in [-0.39, 0.29) is 5.75 Å². The van der Waals surface area contributed by atoms with Crippen LogP contribution in [0.1, 0.15) is 5.56 Å². The van der Waals surface area contributed by atoms with Crippen LogP contribution in [0.25, 0.3) is 33.9 Å². The van der Waals surface area contributed by atoms with E-state index in [1.165, 1.54) is 5.69 Å². The molecule has 1 aliphatic rings. The zero-order valence-corrected chi connectivity index (χ0v) is 21.4.